The van der Waals surface area contributed by atoms with Crippen molar-refractivity contribution in [1.82, 2.24) is 10.1 Å². The third kappa shape index (κ3) is 2.10. The molecule has 2 aromatic rings. The normalized spacial score (nSPS) is 27.5. The Kier molecular flexibility index (Phi) is 3.27. The fraction of sp³-hybridized carbons (Fsp3) is 0.500. The van der Waals surface area contributed by atoms with Crippen LogP contribution in [0.1, 0.15) is 42.5 Å². The highest BCUT2D eigenvalue weighted by Crippen LogP contribution is 2.48. The van der Waals surface area contributed by atoms with Crippen LogP contribution >= 0.6 is 11.8 Å². The van der Waals surface area contributed by atoms with Gasteiger partial charge in [0, 0.05) is 11.5 Å². The first-order chi connectivity index (χ1) is 10.3. The molecule has 1 aliphatic carbocycles. The minimum atomic E-state index is -0.364. The van der Waals surface area contributed by atoms with E-state index >= 15 is 0 Å². The first kappa shape index (κ1) is 13.3. The van der Waals surface area contributed by atoms with Crippen LogP contribution in [0, 0.1) is 0 Å². The summed E-state index contributed by atoms with van der Waals surface area (Å²) in [5.41, 5.74) is 1.18. The van der Waals surface area contributed by atoms with Gasteiger partial charge in [0.2, 0.25) is 5.89 Å². The zero-order valence-electron chi connectivity index (χ0n) is 11.7. The zero-order valence-corrected chi connectivity index (χ0v) is 12.6. The second-order valence-corrected chi connectivity index (χ2v) is 7.04. The van der Waals surface area contributed by atoms with Gasteiger partial charge in [-0.3, -0.25) is 0 Å². The van der Waals surface area contributed by atoms with Crippen LogP contribution in [0.4, 0.5) is 0 Å². The van der Waals surface area contributed by atoms with Crippen molar-refractivity contribution in [3.8, 4) is 0 Å². The van der Waals surface area contributed by atoms with Crippen LogP contribution in [0.15, 0.2) is 34.9 Å². The summed E-state index contributed by atoms with van der Waals surface area (Å²) in [5, 5.41) is 14.3. The highest BCUT2D eigenvalue weighted by atomic mass is 32.2. The molecule has 0 spiro atoms. The van der Waals surface area contributed by atoms with Gasteiger partial charge in [0.25, 0.3) is 0 Å². The maximum atomic E-state index is 9.99. The SMILES string of the molecule is OC1CSCC1c1nc(C2(c3ccccc3)CCC2)no1. The maximum absolute atomic E-state index is 9.99. The Balaban J connectivity index is 1.68. The molecule has 1 saturated heterocycles. The molecule has 4 rings (SSSR count). The summed E-state index contributed by atoms with van der Waals surface area (Å²) in [7, 11) is 0. The fourth-order valence-corrected chi connectivity index (χ4v) is 4.52. The molecule has 2 unspecified atom stereocenters. The van der Waals surface area contributed by atoms with Crippen molar-refractivity contribution in [2.45, 2.75) is 36.7 Å². The van der Waals surface area contributed by atoms with Crippen molar-refractivity contribution < 1.29 is 9.63 Å². The van der Waals surface area contributed by atoms with Crippen molar-refractivity contribution in [2.24, 2.45) is 0 Å². The van der Waals surface area contributed by atoms with Crippen molar-refractivity contribution in [1.29, 1.82) is 0 Å². The number of benzene rings is 1. The van der Waals surface area contributed by atoms with Gasteiger partial charge in [0.1, 0.15) is 0 Å². The Morgan fingerprint density at radius 3 is 2.62 bits per heavy atom. The lowest BCUT2D eigenvalue weighted by molar-refractivity contribution is 0.164. The van der Waals surface area contributed by atoms with Crippen LogP contribution in [-0.2, 0) is 5.41 Å². The summed E-state index contributed by atoms with van der Waals surface area (Å²) in [6.45, 7) is 0. The summed E-state index contributed by atoms with van der Waals surface area (Å²) in [6, 6.07) is 10.5. The number of rotatable bonds is 3. The van der Waals surface area contributed by atoms with Crippen molar-refractivity contribution in [2.75, 3.05) is 11.5 Å². The van der Waals surface area contributed by atoms with Crippen molar-refractivity contribution in [3.05, 3.63) is 47.6 Å². The van der Waals surface area contributed by atoms with Crippen LogP contribution in [0.3, 0.4) is 0 Å². The molecule has 1 saturated carbocycles. The molecule has 2 aliphatic rings. The lowest BCUT2D eigenvalue weighted by atomic mass is 9.64. The molecular formula is C16H18N2O2S. The quantitative estimate of drug-likeness (QED) is 0.944. The van der Waals surface area contributed by atoms with Crippen molar-refractivity contribution in [3.63, 3.8) is 0 Å². The summed E-state index contributed by atoms with van der Waals surface area (Å²) in [4.78, 5) is 4.66. The third-order valence-electron chi connectivity index (χ3n) is 4.77. The summed E-state index contributed by atoms with van der Waals surface area (Å²) in [6.07, 6.45) is 2.97. The van der Waals surface area contributed by atoms with E-state index in [1.54, 1.807) is 11.8 Å². The fourth-order valence-electron chi connectivity index (χ4n) is 3.29. The van der Waals surface area contributed by atoms with E-state index < -0.39 is 0 Å². The highest BCUT2D eigenvalue weighted by Gasteiger charge is 2.45. The molecule has 110 valence electrons. The predicted molar refractivity (Wildman–Crippen MR) is 81.4 cm³/mol. The van der Waals surface area contributed by atoms with Crippen LogP contribution in [0.2, 0.25) is 0 Å². The van der Waals surface area contributed by atoms with Gasteiger partial charge in [0.15, 0.2) is 5.82 Å². The number of hydrogen-bond acceptors (Lipinski definition) is 5. The predicted octanol–water partition coefficient (Wildman–Crippen LogP) is 2.73. The lowest BCUT2D eigenvalue weighted by Gasteiger charge is -2.39. The van der Waals surface area contributed by atoms with Crippen LogP contribution in [0.5, 0.6) is 0 Å². The number of aliphatic hydroxyl groups is 1. The van der Waals surface area contributed by atoms with Gasteiger partial charge in [-0.25, -0.2) is 0 Å². The van der Waals surface area contributed by atoms with E-state index in [4.69, 9.17) is 4.52 Å². The molecule has 5 heteroatoms. The molecule has 1 N–H and O–H groups in total. The zero-order chi connectivity index (χ0) is 14.3. The standard InChI is InChI=1S/C16H18N2O2S/c19-13-10-21-9-12(13)14-17-15(18-20-14)16(7-4-8-16)11-5-2-1-3-6-11/h1-3,5-6,12-13,19H,4,7-10H2. The molecule has 1 aliphatic heterocycles. The maximum Gasteiger partial charge on any atom is 0.233 e. The molecule has 0 bridgehead atoms. The summed E-state index contributed by atoms with van der Waals surface area (Å²) < 4.78 is 5.49. The first-order valence-corrected chi connectivity index (χ1v) is 8.60. The molecule has 2 atom stereocenters. The van der Waals surface area contributed by atoms with Crippen molar-refractivity contribution >= 4 is 11.8 Å². The number of aromatic nitrogens is 2. The minimum Gasteiger partial charge on any atom is -0.391 e. The number of aliphatic hydroxyl groups excluding tert-OH is 1. The van der Waals surface area contributed by atoms with Crippen LogP contribution in [0.25, 0.3) is 0 Å². The average molecular weight is 302 g/mol. The van der Waals surface area contributed by atoms with E-state index in [1.807, 2.05) is 6.07 Å². The Bertz CT molecular complexity index is 624. The minimum absolute atomic E-state index is 0.0100. The molecule has 4 nitrogen and oxygen atoms in total. The third-order valence-corrected chi connectivity index (χ3v) is 5.94. The van der Waals surface area contributed by atoms with E-state index in [-0.39, 0.29) is 17.4 Å². The Labute approximate surface area is 127 Å². The average Bonchev–Trinajstić information content (AvgIpc) is 3.08. The molecule has 0 amide bonds. The molecular weight excluding hydrogens is 284 g/mol. The second kappa shape index (κ2) is 5.14. The smallest absolute Gasteiger partial charge is 0.233 e. The molecule has 0 radical (unpaired) electrons. The van der Waals surface area contributed by atoms with E-state index in [2.05, 4.69) is 34.4 Å². The largest absolute Gasteiger partial charge is 0.391 e. The van der Waals surface area contributed by atoms with Gasteiger partial charge in [-0.15, -0.1) is 0 Å². The monoisotopic (exact) mass is 302 g/mol. The number of hydrogen-bond donors (Lipinski definition) is 1. The highest BCUT2D eigenvalue weighted by molar-refractivity contribution is 7.99. The lowest BCUT2D eigenvalue weighted by Crippen LogP contribution is -2.36. The second-order valence-electron chi connectivity index (χ2n) is 5.97. The molecule has 2 fully saturated rings. The topological polar surface area (TPSA) is 59.2 Å². The Morgan fingerprint density at radius 2 is 2.00 bits per heavy atom. The molecule has 2 heterocycles. The first-order valence-electron chi connectivity index (χ1n) is 7.45. The molecule has 1 aromatic carbocycles. The van der Waals surface area contributed by atoms with Gasteiger partial charge in [0.05, 0.1) is 17.4 Å². The van der Waals surface area contributed by atoms with E-state index in [0.29, 0.717) is 5.89 Å². The van der Waals surface area contributed by atoms with Crippen LogP contribution in [-0.4, -0.2) is 32.9 Å². The number of thioether (sulfide) groups is 1. The van der Waals surface area contributed by atoms with Gasteiger partial charge >= 0.3 is 0 Å². The molecule has 1 aromatic heterocycles. The summed E-state index contributed by atoms with van der Waals surface area (Å²) >= 11 is 1.74. The molecule has 21 heavy (non-hydrogen) atoms. The van der Waals surface area contributed by atoms with Gasteiger partial charge in [-0.1, -0.05) is 41.9 Å². The summed E-state index contributed by atoms with van der Waals surface area (Å²) in [5.74, 6) is 3.00. The number of nitrogens with zero attached hydrogens (tertiary/aromatic N) is 2. The van der Waals surface area contributed by atoms with Gasteiger partial charge in [-0.05, 0) is 18.4 Å². The van der Waals surface area contributed by atoms with E-state index in [1.165, 1.54) is 12.0 Å². The van der Waals surface area contributed by atoms with Gasteiger partial charge < -0.3 is 9.63 Å². The van der Waals surface area contributed by atoms with Crippen LogP contribution < -0.4 is 0 Å². The van der Waals surface area contributed by atoms with Gasteiger partial charge in [-0.2, -0.15) is 16.7 Å². The Hall–Kier alpha value is -1.33. The Morgan fingerprint density at radius 1 is 1.19 bits per heavy atom. The van der Waals surface area contributed by atoms with E-state index in [9.17, 15) is 5.11 Å². The van der Waals surface area contributed by atoms with E-state index in [0.717, 1.165) is 30.2 Å².